The summed E-state index contributed by atoms with van der Waals surface area (Å²) in [5, 5.41) is 19.2. The summed E-state index contributed by atoms with van der Waals surface area (Å²) in [7, 11) is 0. The summed E-state index contributed by atoms with van der Waals surface area (Å²) in [6, 6.07) is 3.62. The van der Waals surface area contributed by atoms with Gasteiger partial charge in [0.1, 0.15) is 23.3 Å². The van der Waals surface area contributed by atoms with Crippen molar-refractivity contribution < 1.29 is 13.9 Å². The molecule has 20 heavy (non-hydrogen) atoms. The Balaban J connectivity index is 2.33. The van der Waals surface area contributed by atoms with Gasteiger partial charge < -0.3 is 10.0 Å². The average molecular weight is 280 g/mol. The van der Waals surface area contributed by atoms with Gasteiger partial charge >= 0.3 is 0 Å². The molecule has 0 radical (unpaired) electrons. The molecule has 1 aliphatic heterocycles. The fourth-order valence-electron chi connectivity index (χ4n) is 2.96. The zero-order valence-corrected chi connectivity index (χ0v) is 11.7. The number of hydrogen-bond donors (Lipinski definition) is 1. The molecular weight excluding hydrogens is 262 g/mol. The van der Waals surface area contributed by atoms with Crippen LogP contribution in [0.15, 0.2) is 12.1 Å². The number of nitrogens with zero attached hydrogens (tertiary/aromatic N) is 2. The minimum absolute atomic E-state index is 0.214. The Morgan fingerprint density at radius 1 is 1.45 bits per heavy atom. The molecule has 1 aromatic carbocycles. The predicted octanol–water partition coefficient (Wildman–Crippen LogP) is 2.97. The van der Waals surface area contributed by atoms with Crippen molar-refractivity contribution in [2.24, 2.45) is 0 Å². The topological polar surface area (TPSA) is 47.3 Å². The molecule has 1 N–H and O–H groups in total. The molecular formula is C15H18F2N2O. The Bertz CT molecular complexity index is 532. The molecule has 1 unspecified atom stereocenters. The largest absolute Gasteiger partial charge is 0.388 e. The molecule has 1 saturated heterocycles. The van der Waals surface area contributed by atoms with Crippen LogP contribution >= 0.6 is 0 Å². The van der Waals surface area contributed by atoms with Crippen molar-refractivity contribution in [1.82, 2.24) is 0 Å². The quantitative estimate of drug-likeness (QED) is 0.926. The molecule has 108 valence electrons. The molecule has 1 aliphatic rings. The van der Waals surface area contributed by atoms with E-state index in [4.69, 9.17) is 5.26 Å². The van der Waals surface area contributed by atoms with Crippen LogP contribution in [0.5, 0.6) is 0 Å². The highest BCUT2D eigenvalue weighted by Gasteiger charge is 2.42. The van der Waals surface area contributed by atoms with Crippen LogP contribution in [0, 0.1) is 23.0 Å². The van der Waals surface area contributed by atoms with E-state index < -0.39 is 22.8 Å². The first-order valence-electron chi connectivity index (χ1n) is 6.81. The van der Waals surface area contributed by atoms with E-state index in [0.29, 0.717) is 25.1 Å². The summed E-state index contributed by atoms with van der Waals surface area (Å²) in [6.07, 6.45) is 2.09. The summed E-state index contributed by atoms with van der Waals surface area (Å²) in [5.41, 5.74) is -1.02. The molecule has 5 heteroatoms. The monoisotopic (exact) mass is 280 g/mol. The van der Waals surface area contributed by atoms with Gasteiger partial charge in [-0.2, -0.15) is 5.26 Å². The lowest BCUT2D eigenvalue weighted by Crippen LogP contribution is -2.42. The van der Waals surface area contributed by atoms with Crippen LogP contribution in [-0.2, 0) is 0 Å². The van der Waals surface area contributed by atoms with Gasteiger partial charge in [0.05, 0.1) is 11.6 Å². The molecule has 2 rings (SSSR count). The SMILES string of the molecule is CCCC1(O)CCN(c2cc(F)c(C#N)c(F)c2)[C@H]1C. The second kappa shape index (κ2) is 5.37. The van der Waals surface area contributed by atoms with Gasteiger partial charge in [0.15, 0.2) is 0 Å². The van der Waals surface area contributed by atoms with Gasteiger partial charge in [-0.05, 0) is 31.9 Å². The van der Waals surface area contributed by atoms with Gasteiger partial charge in [-0.1, -0.05) is 13.3 Å². The predicted molar refractivity (Wildman–Crippen MR) is 72.4 cm³/mol. The highest BCUT2D eigenvalue weighted by Crippen LogP contribution is 2.36. The summed E-state index contributed by atoms with van der Waals surface area (Å²) in [5.74, 6) is -1.72. The first-order chi connectivity index (χ1) is 9.42. The second-order valence-electron chi connectivity index (χ2n) is 5.37. The molecule has 3 nitrogen and oxygen atoms in total. The molecule has 0 spiro atoms. The number of nitriles is 1. The number of rotatable bonds is 3. The summed E-state index contributed by atoms with van der Waals surface area (Å²) >= 11 is 0. The Morgan fingerprint density at radius 2 is 2.05 bits per heavy atom. The van der Waals surface area contributed by atoms with Gasteiger partial charge in [-0.15, -0.1) is 0 Å². The smallest absolute Gasteiger partial charge is 0.146 e. The van der Waals surface area contributed by atoms with E-state index in [9.17, 15) is 13.9 Å². The standard InChI is InChI=1S/C15H18F2N2O/c1-3-4-15(20)5-6-19(10(15)2)11-7-13(16)12(9-18)14(17)8-11/h7-8,10,20H,3-6H2,1-2H3/t10-,15?/m0/s1. The van der Waals surface area contributed by atoms with Gasteiger partial charge in [-0.3, -0.25) is 0 Å². The Hall–Kier alpha value is -1.67. The molecule has 2 atom stereocenters. The maximum absolute atomic E-state index is 13.7. The average Bonchev–Trinajstić information content (AvgIpc) is 2.66. The normalized spacial score (nSPS) is 25.8. The van der Waals surface area contributed by atoms with Crippen molar-refractivity contribution in [3.8, 4) is 6.07 Å². The van der Waals surface area contributed by atoms with Crippen molar-refractivity contribution in [3.63, 3.8) is 0 Å². The van der Waals surface area contributed by atoms with Crippen molar-refractivity contribution in [1.29, 1.82) is 5.26 Å². The second-order valence-corrected chi connectivity index (χ2v) is 5.37. The zero-order chi connectivity index (χ0) is 14.9. The third-order valence-corrected chi connectivity index (χ3v) is 4.18. The lowest BCUT2D eigenvalue weighted by molar-refractivity contribution is 0.0273. The Kier molecular flexibility index (Phi) is 3.96. The number of halogens is 2. The van der Waals surface area contributed by atoms with E-state index in [1.807, 2.05) is 13.8 Å². The maximum Gasteiger partial charge on any atom is 0.146 e. The fraction of sp³-hybridized carbons (Fsp3) is 0.533. The molecule has 1 fully saturated rings. The van der Waals surface area contributed by atoms with Crippen LogP contribution in [0.4, 0.5) is 14.5 Å². The molecule has 0 bridgehead atoms. The van der Waals surface area contributed by atoms with Crippen molar-refractivity contribution >= 4 is 5.69 Å². The molecule has 0 aliphatic carbocycles. The maximum atomic E-state index is 13.7. The Morgan fingerprint density at radius 3 is 2.55 bits per heavy atom. The van der Waals surface area contributed by atoms with Crippen LogP contribution in [0.2, 0.25) is 0 Å². The van der Waals surface area contributed by atoms with Crippen LogP contribution in [0.25, 0.3) is 0 Å². The molecule has 1 heterocycles. The third-order valence-electron chi connectivity index (χ3n) is 4.18. The minimum atomic E-state index is -0.861. The first kappa shape index (κ1) is 14.7. The van der Waals surface area contributed by atoms with E-state index in [1.165, 1.54) is 6.07 Å². The van der Waals surface area contributed by atoms with E-state index >= 15 is 0 Å². The van der Waals surface area contributed by atoms with E-state index in [1.54, 1.807) is 4.90 Å². The first-order valence-corrected chi connectivity index (χ1v) is 6.81. The van der Waals surface area contributed by atoms with Crippen LogP contribution in [0.1, 0.15) is 38.7 Å². The lowest BCUT2D eigenvalue weighted by atomic mass is 9.90. The highest BCUT2D eigenvalue weighted by molar-refractivity contribution is 5.53. The summed E-state index contributed by atoms with van der Waals surface area (Å²) < 4.78 is 27.4. The zero-order valence-electron chi connectivity index (χ0n) is 11.7. The van der Waals surface area contributed by atoms with Crippen LogP contribution < -0.4 is 4.90 Å². The molecule has 0 aromatic heterocycles. The molecule has 0 amide bonds. The lowest BCUT2D eigenvalue weighted by Gasteiger charge is -2.32. The molecule has 1 aromatic rings. The van der Waals surface area contributed by atoms with Gasteiger partial charge in [0, 0.05) is 12.2 Å². The number of hydrogen-bond acceptors (Lipinski definition) is 3. The number of anilines is 1. The van der Waals surface area contributed by atoms with Crippen molar-refractivity contribution in [2.45, 2.75) is 44.8 Å². The van der Waals surface area contributed by atoms with Crippen LogP contribution in [-0.4, -0.2) is 23.3 Å². The minimum Gasteiger partial charge on any atom is -0.388 e. The summed E-state index contributed by atoms with van der Waals surface area (Å²) in [4.78, 5) is 1.79. The van der Waals surface area contributed by atoms with E-state index in [-0.39, 0.29) is 6.04 Å². The van der Waals surface area contributed by atoms with Crippen molar-refractivity contribution in [2.75, 3.05) is 11.4 Å². The van der Waals surface area contributed by atoms with Crippen molar-refractivity contribution in [3.05, 3.63) is 29.3 Å². The number of aliphatic hydroxyl groups is 1. The van der Waals surface area contributed by atoms with E-state index in [0.717, 1.165) is 18.6 Å². The van der Waals surface area contributed by atoms with E-state index in [2.05, 4.69) is 0 Å². The molecule has 0 saturated carbocycles. The third kappa shape index (κ3) is 2.36. The summed E-state index contributed by atoms with van der Waals surface area (Å²) in [6.45, 7) is 4.40. The highest BCUT2D eigenvalue weighted by atomic mass is 19.1. The van der Waals surface area contributed by atoms with Gasteiger partial charge in [0.2, 0.25) is 0 Å². The van der Waals surface area contributed by atoms with Gasteiger partial charge in [-0.25, -0.2) is 8.78 Å². The van der Waals surface area contributed by atoms with Gasteiger partial charge in [0.25, 0.3) is 0 Å². The Labute approximate surface area is 117 Å². The number of benzene rings is 1. The van der Waals surface area contributed by atoms with Crippen LogP contribution in [0.3, 0.4) is 0 Å². The fourth-order valence-corrected chi connectivity index (χ4v) is 2.96.